The predicted molar refractivity (Wildman–Crippen MR) is 155 cm³/mol. The van der Waals surface area contributed by atoms with Gasteiger partial charge in [-0.2, -0.15) is 17.5 Å². The lowest BCUT2D eigenvalue weighted by molar-refractivity contribution is -0.137. The van der Waals surface area contributed by atoms with Crippen molar-refractivity contribution in [3.8, 4) is 11.3 Å². The number of alkyl halides is 5. The molecule has 8 nitrogen and oxygen atoms in total. The third kappa shape index (κ3) is 7.34. The maximum Gasteiger partial charge on any atom is 0.416 e. The maximum atomic E-state index is 14.4. The SMILES string of the molecule is O=C(NCc1cc(NCc2ccncc2)nc(-c2ccc(C(F)(F)F)cc2)c1)C1CC(F)(F)CN1S(=O)(=O)c1ccc(Cl)s1. The second kappa shape index (κ2) is 12.4. The normalized spacial score (nSPS) is 17.0. The number of hydrogen-bond donors (Lipinski definition) is 2. The number of nitrogens with zero attached hydrogens (tertiary/aromatic N) is 3. The number of nitrogens with one attached hydrogen (secondary N) is 2. The lowest BCUT2D eigenvalue weighted by Gasteiger charge is -2.22. The molecule has 3 aromatic heterocycles. The van der Waals surface area contributed by atoms with E-state index in [9.17, 15) is 35.2 Å². The van der Waals surface area contributed by atoms with Crippen LogP contribution in [0.4, 0.5) is 27.8 Å². The van der Waals surface area contributed by atoms with Crippen LogP contribution in [0.2, 0.25) is 4.34 Å². The Hall–Kier alpha value is -3.66. The molecular formula is C28H23ClF5N5O3S2. The summed E-state index contributed by atoms with van der Waals surface area (Å²) < 4.78 is 94.8. The minimum absolute atomic E-state index is 0.144. The lowest BCUT2D eigenvalue weighted by atomic mass is 10.1. The molecule has 1 atom stereocenters. The van der Waals surface area contributed by atoms with E-state index in [0.29, 0.717) is 39.1 Å². The third-order valence-corrected chi connectivity index (χ3v) is 10.3. The van der Waals surface area contributed by atoms with Crippen molar-refractivity contribution in [2.24, 2.45) is 0 Å². The van der Waals surface area contributed by atoms with Crippen molar-refractivity contribution in [2.45, 2.75) is 41.9 Å². The summed E-state index contributed by atoms with van der Waals surface area (Å²) in [6.07, 6.45) is -2.33. The Morgan fingerprint density at radius 3 is 2.36 bits per heavy atom. The number of pyridine rings is 2. The van der Waals surface area contributed by atoms with Crippen LogP contribution in [0.1, 0.15) is 23.1 Å². The van der Waals surface area contributed by atoms with Crippen molar-refractivity contribution in [3.63, 3.8) is 0 Å². The number of rotatable bonds is 9. The predicted octanol–water partition coefficient (Wildman–Crippen LogP) is 6.20. The Kier molecular flexibility index (Phi) is 8.94. The third-order valence-electron chi connectivity index (χ3n) is 6.72. The Balaban J connectivity index is 1.39. The van der Waals surface area contributed by atoms with Crippen molar-refractivity contribution < 1.29 is 35.2 Å². The number of amides is 1. The fraction of sp³-hybridized carbons (Fsp3) is 0.250. The van der Waals surface area contributed by atoms with Crippen molar-refractivity contribution in [3.05, 3.63) is 94.1 Å². The van der Waals surface area contributed by atoms with Gasteiger partial charge in [-0.1, -0.05) is 23.7 Å². The molecule has 0 aliphatic carbocycles. The van der Waals surface area contributed by atoms with Crippen molar-refractivity contribution >= 4 is 44.7 Å². The number of carbonyl (C=O) groups excluding carboxylic acids is 1. The van der Waals surface area contributed by atoms with Crippen LogP contribution in [-0.2, 0) is 34.1 Å². The van der Waals surface area contributed by atoms with Crippen molar-refractivity contribution in [2.75, 3.05) is 11.9 Å². The molecule has 2 N–H and O–H groups in total. The fourth-order valence-corrected chi connectivity index (χ4v) is 7.80. The van der Waals surface area contributed by atoms with Gasteiger partial charge in [0.2, 0.25) is 5.91 Å². The number of hydrogen-bond acceptors (Lipinski definition) is 7. The highest BCUT2D eigenvalue weighted by Crippen LogP contribution is 2.38. The van der Waals surface area contributed by atoms with Crippen LogP contribution >= 0.6 is 22.9 Å². The molecule has 0 saturated carbocycles. The molecule has 44 heavy (non-hydrogen) atoms. The summed E-state index contributed by atoms with van der Waals surface area (Å²) >= 11 is 6.54. The number of carbonyl (C=O) groups is 1. The van der Waals surface area contributed by atoms with Crippen LogP contribution in [0.25, 0.3) is 11.3 Å². The van der Waals surface area contributed by atoms with E-state index in [4.69, 9.17) is 11.6 Å². The van der Waals surface area contributed by atoms with E-state index >= 15 is 0 Å². The minimum Gasteiger partial charge on any atom is -0.366 e. The van der Waals surface area contributed by atoms with Crippen molar-refractivity contribution in [1.82, 2.24) is 19.6 Å². The van der Waals surface area contributed by atoms with Gasteiger partial charge in [-0.05, 0) is 59.7 Å². The molecule has 1 fully saturated rings. The van der Waals surface area contributed by atoms with Crippen LogP contribution in [0.15, 0.2) is 77.3 Å². The van der Waals surface area contributed by atoms with Crippen LogP contribution in [-0.4, -0.2) is 47.1 Å². The molecule has 1 aromatic carbocycles. The molecule has 5 rings (SSSR count). The number of anilines is 1. The first-order chi connectivity index (χ1) is 20.7. The monoisotopic (exact) mass is 671 g/mol. The van der Waals surface area contributed by atoms with Gasteiger partial charge in [-0.15, -0.1) is 11.3 Å². The minimum atomic E-state index is -4.52. The smallest absolute Gasteiger partial charge is 0.366 e. The number of aromatic nitrogens is 2. The molecule has 1 aliphatic rings. The molecule has 16 heteroatoms. The maximum absolute atomic E-state index is 14.4. The first-order valence-corrected chi connectivity index (χ1v) is 15.6. The fourth-order valence-electron chi connectivity index (χ4n) is 4.57. The van der Waals surface area contributed by atoms with Gasteiger partial charge in [0.05, 0.1) is 22.1 Å². The quantitative estimate of drug-likeness (QED) is 0.205. The summed E-state index contributed by atoms with van der Waals surface area (Å²) in [5.41, 5.74) is 1.12. The molecular weight excluding hydrogens is 649 g/mol. The highest BCUT2D eigenvalue weighted by atomic mass is 35.5. The zero-order valence-electron chi connectivity index (χ0n) is 22.5. The molecule has 4 heterocycles. The van der Waals surface area contributed by atoms with Crippen LogP contribution in [0, 0.1) is 0 Å². The van der Waals surface area contributed by atoms with Gasteiger partial charge in [0.25, 0.3) is 15.9 Å². The molecule has 232 valence electrons. The number of halogens is 6. The Labute approximate surface area is 258 Å². The first kappa shape index (κ1) is 31.8. The average molecular weight is 672 g/mol. The second-order valence-electron chi connectivity index (χ2n) is 9.93. The van der Waals surface area contributed by atoms with Gasteiger partial charge in [-0.3, -0.25) is 9.78 Å². The lowest BCUT2D eigenvalue weighted by Crippen LogP contribution is -2.45. The summed E-state index contributed by atoms with van der Waals surface area (Å²) in [7, 11) is -4.44. The first-order valence-electron chi connectivity index (χ1n) is 13.0. The van der Waals surface area contributed by atoms with E-state index < -0.39 is 52.6 Å². The number of benzene rings is 1. The van der Waals surface area contributed by atoms with Gasteiger partial charge < -0.3 is 10.6 Å². The molecule has 4 aromatic rings. The molecule has 1 aliphatic heterocycles. The van der Waals surface area contributed by atoms with Gasteiger partial charge in [0, 0.05) is 37.5 Å². The molecule has 1 amide bonds. The summed E-state index contributed by atoms with van der Waals surface area (Å²) in [5.74, 6) is -4.05. The molecule has 0 bridgehead atoms. The van der Waals surface area contributed by atoms with E-state index in [-0.39, 0.29) is 20.8 Å². The van der Waals surface area contributed by atoms with E-state index in [1.165, 1.54) is 30.3 Å². The second-order valence-corrected chi connectivity index (χ2v) is 13.8. The topological polar surface area (TPSA) is 104 Å². The molecule has 1 unspecified atom stereocenters. The summed E-state index contributed by atoms with van der Waals surface area (Å²) in [5, 5.41) is 5.65. The van der Waals surface area contributed by atoms with E-state index in [0.717, 1.165) is 17.7 Å². The number of sulfonamides is 1. The van der Waals surface area contributed by atoms with Crippen LogP contribution in [0.3, 0.4) is 0 Å². The van der Waals surface area contributed by atoms with Gasteiger partial charge in [-0.25, -0.2) is 22.2 Å². The standard InChI is InChI=1S/C28H23ClF5N5O3S2/c29-23-5-6-25(43-23)44(41,42)39-16-27(30,31)13-22(39)26(40)37-15-18-11-21(19-1-3-20(4-2-19)28(32,33)34)38-24(12-18)36-14-17-7-9-35-10-8-17/h1-12,22H,13-16H2,(H,36,38)(H,37,40). The van der Waals surface area contributed by atoms with Gasteiger partial charge in [0.1, 0.15) is 16.1 Å². The summed E-state index contributed by atoms with van der Waals surface area (Å²) in [6, 6.07) is 11.9. The zero-order valence-corrected chi connectivity index (χ0v) is 24.9. The molecule has 0 spiro atoms. The van der Waals surface area contributed by atoms with E-state index in [1.807, 2.05) is 0 Å². The average Bonchev–Trinajstić information content (AvgIpc) is 3.58. The summed E-state index contributed by atoms with van der Waals surface area (Å²) in [4.78, 5) is 21.6. The van der Waals surface area contributed by atoms with Crippen LogP contribution in [0.5, 0.6) is 0 Å². The largest absolute Gasteiger partial charge is 0.416 e. The van der Waals surface area contributed by atoms with E-state index in [1.54, 1.807) is 30.6 Å². The van der Waals surface area contributed by atoms with Gasteiger partial charge >= 0.3 is 6.18 Å². The molecule has 0 radical (unpaired) electrons. The zero-order chi connectivity index (χ0) is 31.7. The van der Waals surface area contributed by atoms with E-state index in [2.05, 4.69) is 20.6 Å². The summed E-state index contributed by atoms with van der Waals surface area (Å²) in [6.45, 7) is -1.05. The Morgan fingerprint density at radius 1 is 1.02 bits per heavy atom. The number of thiophene rings is 1. The van der Waals surface area contributed by atoms with Crippen molar-refractivity contribution in [1.29, 1.82) is 0 Å². The highest BCUT2D eigenvalue weighted by molar-refractivity contribution is 7.91. The Morgan fingerprint density at radius 2 is 1.73 bits per heavy atom. The van der Waals surface area contributed by atoms with Gasteiger partial charge in [0.15, 0.2) is 0 Å². The Bertz CT molecular complexity index is 1750. The highest BCUT2D eigenvalue weighted by Gasteiger charge is 2.53. The molecule has 1 saturated heterocycles. The van der Waals surface area contributed by atoms with Crippen LogP contribution < -0.4 is 10.6 Å².